The Labute approximate surface area is 105 Å². The van der Waals surface area contributed by atoms with Crippen LogP contribution in [-0.4, -0.2) is 40.9 Å². The van der Waals surface area contributed by atoms with Gasteiger partial charge in [-0.05, 0) is 31.5 Å². The largest absolute Gasteiger partial charge is 0.392 e. The van der Waals surface area contributed by atoms with E-state index in [-0.39, 0.29) is 12.1 Å². The van der Waals surface area contributed by atoms with Crippen molar-refractivity contribution in [2.75, 3.05) is 19.6 Å². The van der Waals surface area contributed by atoms with Gasteiger partial charge in [-0.1, -0.05) is 6.07 Å². The van der Waals surface area contributed by atoms with Crippen molar-refractivity contribution in [1.29, 1.82) is 0 Å². The Hall–Kier alpha value is -1.04. The Morgan fingerprint density at radius 1 is 1.33 bits per heavy atom. The monoisotopic (exact) mass is 257 g/mol. The highest BCUT2D eigenvalue weighted by atomic mass is 19.1. The number of nitrogens with zero attached hydrogens (tertiary/aromatic N) is 1. The zero-order valence-corrected chi connectivity index (χ0v) is 10.0. The van der Waals surface area contributed by atoms with Gasteiger partial charge in [0.15, 0.2) is 0 Å². The number of halogens is 2. The van der Waals surface area contributed by atoms with Crippen molar-refractivity contribution in [2.45, 2.75) is 25.0 Å². The topological polar surface area (TPSA) is 43.7 Å². The minimum Gasteiger partial charge on any atom is -0.392 e. The van der Waals surface area contributed by atoms with Crippen LogP contribution in [0.3, 0.4) is 0 Å². The molecule has 2 unspecified atom stereocenters. The van der Waals surface area contributed by atoms with Crippen molar-refractivity contribution >= 4 is 0 Å². The van der Waals surface area contributed by atoms with Gasteiger partial charge < -0.3 is 10.2 Å². The molecule has 1 heterocycles. The summed E-state index contributed by atoms with van der Waals surface area (Å²) in [5, 5.41) is 19.4. The third-order valence-corrected chi connectivity index (χ3v) is 3.24. The summed E-state index contributed by atoms with van der Waals surface area (Å²) in [5.74, 6) is -1.47. The lowest BCUT2D eigenvalue weighted by Gasteiger charge is -2.31. The summed E-state index contributed by atoms with van der Waals surface area (Å²) in [6, 6.07) is 3.53. The maximum atomic E-state index is 13.5. The number of hydrogen-bond acceptors (Lipinski definition) is 3. The lowest BCUT2D eigenvalue weighted by atomic mass is 10.0. The number of hydrogen-bond donors (Lipinski definition) is 2. The lowest BCUT2D eigenvalue weighted by Crippen LogP contribution is -2.40. The molecule has 1 aromatic carbocycles. The highest BCUT2D eigenvalue weighted by Crippen LogP contribution is 2.22. The van der Waals surface area contributed by atoms with Crippen molar-refractivity contribution in [1.82, 2.24) is 4.90 Å². The van der Waals surface area contributed by atoms with Crippen LogP contribution < -0.4 is 0 Å². The smallest absolute Gasteiger partial charge is 0.131 e. The lowest BCUT2D eigenvalue weighted by molar-refractivity contribution is 0.0373. The summed E-state index contributed by atoms with van der Waals surface area (Å²) >= 11 is 0. The second kappa shape index (κ2) is 5.73. The predicted molar refractivity (Wildman–Crippen MR) is 63.0 cm³/mol. The van der Waals surface area contributed by atoms with Gasteiger partial charge in [-0.2, -0.15) is 0 Å². The molecule has 2 atom stereocenters. The van der Waals surface area contributed by atoms with Gasteiger partial charge in [0.2, 0.25) is 0 Å². The predicted octanol–water partition coefficient (Wildman–Crippen LogP) is 1.45. The van der Waals surface area contributed by atoms with E-state index < -0.39 is 23.8 Å². The molecule has 1 aromatic rings. The fourth-order valence-electron chi connectivity index (χ4n) is 2.36. The minimum absolute atomic E-state index is 0.134. The molecule has 18 heavy (non-hydrogen) atoms. The second-order valence-electron chi connectivity index (χ2n) is 4.71. The number of aliphatic hydroxyl groups is 2. The third kappa shape index (κ3) is 3.04. The molecule has 2 N–H and O–H groups in total. The first-order valence-corrected chi connectivity index (χ1v) is 6.10. The van der Waals surface area contributed by atoms with Crippen LogP contribution in [-0.2, 0) is 0 Å². The van der Waals surface area contributed by atoms with Gasteiger partial charge in [0.1, 0.15) is 11.6 Å². The number of β-amino-alcohol motifs (C(OH)–C–C–N with tert-alkyl or cyclic N) is 2. The molecule has 0 radical (unpaired) electrons. The van der Waals surface area contributed by atoms with E-state index in [2.05, 4.69) is 0 Å². The molecule has 0 aliphatic carbocycles. The van der Waals surface area contributed by atoms with Gasteiger partial charge in [-0.3, -0.25) is 4.90 Å². The van der Waals surface area contributed by atoms with Crippen molar-refractivity contribution < 1.29 is 19.0 Å². The molecule has 0 aromatic heterocycles. The number of piperidine rings is 1. The highest BCUT2D eigenvalue weighted by Gasteiger charge is 2.23. The molecule has 0 amide bonds. The summed E-state index contributed by atoms with van der Waals surface area (Å²) < 4.78 is 26.9. The van der Waals surface area contributed by atoms with Gasteiger partial charge >= 0.3 is 0 Å². The zero-order valence-electron chi connectivity index (χ0n) is 10.0. The summed E-state index contributed by atoms with van der Waals surface area (Å²) in [6.45, 7) is 1.30. The molecular weight excluding hydrogens is 240 g/mol. The van der Waals surface area contributed by atoms with Gasteiger partial charge in [0, 0.05) is 13.1 Å². The first-order chi connectivity index (χ1) is 8.58. The SMILES string of the molecule is OC1CCCN(CC(O)c2c(F)cccc2F)C1. The number of likely N-dealkylation sites (tertiary alicyclic amines) is 1. The Morgan fingerprint density at radius 2 is 2.00 bits per heavy atom. The second-order valence-corrected chi connectivity index (χ2v) is 4.71. The van der Waals surface area contributed by atoms with E-state index in [1.807, 2.05) is 4.90 Å². The van der Waals surface area contributed by atoms with Crippen molar-refractivity contribution in [3.63, 3.8) is 0 Å². The van der Waals surface area contributed by atoms with Crippen molar-refractivity contribution in [3.05, 3.63) is 35.4 Å². The van der Waals surface area contributed by atoms with Crippen molar-refractivity contribution in [3.8, 4) is 0 Å². The fraction of sp³-hybridized carbons (Fsp3) is 0.538. The Morgan fingerprint density at radius 3 is 2.61 bits per heavy atom. The highest BCUT2D eigenvalue weighted by molar-refractivity contribution is 5.22. The molecule has 0 spiro atoms. The third-order valence-electron chi connectivity index (χ3n) is 3.24. The van der Waals surface area contributed by atoms with E-state index in [4.69, 9.17) is 0 Å². The normalized spacial score (nSPS) is 23.0. The van der Waals surface area contributed by atoms with Crippen LogP contribution in [0.4, 0.5) is 8.78 Å². The average Bonchev–Trinajstić information content (AvgIpc) is 2.28. The number of aliphatic hydroxyl groups excluding tert-OH is 2. The van der Waals surface area contributed by atoms with Crippen molar-refractivity contribution in [2.24, 2.45) is 0 Å². The van der Waals surface area contributed by atoms with Crippen LogP contribution >= 0.6 is 0 Å². The van der Waals surface area contributed by atoms with Crippen LogP contribution in [0.5, 0.6) is 0 Å². The Kier molecular flexibility index (Phi) is 4.27. The maximum Gasteiger partial charge on any atom is 0.131 e. The minimum atomic E-state index is -1.21. The Balaban J connectivity index is 2.05. The molecule has 5 heteroatoms. The first kappa shape index (κ1) is 13.4. The molecule has 3 nitrogen and oxygen atoms in total. The zero-order chi connectivity index (χ0) is 13.1. The van der Waals surface area contributed by atoms with E-state index in [9.17, 15) is 19.0 Å². The number of benzene rings is 1. The van der Waals surface area contributed by atoms with Gasteiger partial charge in [0.05, 0.1) is 17.8 Å². The Bertz CT molecular complexity index is 394. The molecule has 1 aliphatic rings. The van der Waals surface area contributed by atoms with E-state index in [0.717, 1.165) is 31.5 Å². The van der Waals surface area contributed by atoms with Gasteiger partial charge in [-0.15, -0.1) is 0 Å². The van der Waals surface area contributed by atoms with E-state index in [1.165, 1.54) is 6.07 Å². The first-order valence-electron chi connectivity index (χ1n) is 6.10. The van der Waals surface area contributed by atoms with Crippen LogP contribution in [0.2, 0.25) is 0 Å². The van der Waals surface area contributed by atoms with Crippen LogP contribution in [0.25, 0.3) is 0 Å². The quantitative estimate of drug-likeness (QED) is 0.861. The number of rotatable bonds is 3. The van der Waals surface area contributed by atoms with Gasteiger partial charge in [-0.25, -0.2) is 8.78 Å². The summed E-state index contributed by atoms with van der Waals surface area (Å²) in [5.41, 5.74) is -0.294. The summed E-state index contributed by atoms with van der Waals surface area (Å²) in [6.07, 6.45) is -0.0678. The molecule has 0 saturated carbocycles. The van der Waals surface area contributed by atoms with E-state index in [1.54, 1.807) is 0 Å². The molecule has 1 fully saturated rings. The summed E-state index contributed by atoms with van der Waals surface area (Å²) in [7, 11) is 0. The molecule has 1 saturated heterocycles. The average molecular weight is 257 g/mol. The molecule has 2 rings (SSSR count). The maximum absolute atomic E-state index is 13.5. The van der Waals surface area contributed by atoms with Crippen LogP contribution in [0.15, 0.2) is 18.2 Å². The van der Waals surface area contributed by atoms with Gasteiger partial charge in [0.25, 0.3) is 0 Å². The summed E-state index contributed by atoms with van der Waals surface area (Å²) in [4.78, 5) is 1.82. The molecule has 0 bridgehead atoms. The van der Waals surface area contributed by atoms with E-state index >= 15 is 0 Å². The van der Waals surface area contributed by atoms with Crippen LogP contribution in [0.1, 0.15) is 24.5 Å². The molecule has 1 aliphatic heterocycles. The molecular formula is C13H17F2NO2. The van der Waals surface area contributed by atoms with Crippen LogP contribution in [0, 0.1) is 11.6 Å². The standard InChI is InChI=1S/C13H17F2NO2/c14-10-4-1-5-11(15)13(10)12(18)8-16-6-2-3-9(17)7-16/h1,4-5,9,12,17-18H,2-3,6-8H2. The fourth-order valence-corrected chi connectivity index (χ4v) is 2.36. The molecule has 100 valence electrons. The van der Waals surface area contributed by atoms with E-state index in [0.29, 0.717) is 6.54 Å².